The third-order valence-electron chi connectivity index (χ3n) is 4.41. The molecule has 0 aliphatic heterocycles. The summed E-state index contributed by atoms with van der Waals surface area (Å²) in [4.78, 5) is 27.1. The van der Waals surface area contributed by atoms with Crippen LogP contribution in [0.1, 0.15) is 21.5 Å². The fraction of sp³-hybridized carbons (Fsp3) is 0.235. The van der Waals surface area contributed by atoms with Crippen LogP contribution in [-0.2, 0) is 22.4 Å². The molecule has 0 saturated carbocycles. The molecule has 1 aliphatic rings. The Bertz CT molecular complexity index is 954. The molecular weight excluding hydrogens is 308 g/mol. The summed E-state index contributed by atoms with van der Waals surface area (Å²) >= 11 is 0. The van der Waals surface area contributed by atoms with Gasteiger partial charge in [0.2, 0.25) is 0 Å². The number of aromatic amines is 2. The minimum atomic E-state index is -0.478. The van der Waals surface area contributed by atoms with Gasteiger partial charge in [-0.2, -0.15) is 5.10 Å². The first-order valence-electron chi connectivity index (χ1n) is 7.70. The number of esters is 1. The van der Waals surface area contributed by atoms with Gasteiger partial charge in [0.25, 0.3) is 5.91 Å². The summed E-state index contributed by atoms with van der Waals surface area (Å²) in [6, 6.07) is 5.54. The standard InChI is InChI=1S/C17H16N4O3/c1-24-13(22)8-18-17(23)11-3-2-4-12-14(11)10-6-5-9-7-19-21-15(9)16(10)20-12/h2-4,7,20H,5-6,8H2,1H3,(H,18,23)(H,19,21). The Morgan fingerprint density at radius 3 is 3.00 bits per heavy atom. The van der Waals surface area contributed by atoms with Crippen molar-refractivity contribution in [2.75, 3.05) is 13.7 Å². The Balaban J connectivity index is 1.79. The predicted molar refractivity (Wildman–Crippen MR) is 87.6 cm³/mol. The second kappa shape index (κ2) is 5.52. The lowest BCUT2D eigenvalue weighted by molar-refractivity contribution is -0.139. The number of methoxy groups -OCH3 is 1. The number of fused-ring (bicyclic) bond motifs is 5. The Morgan fingerprint density at radius 2 is 2.17 bits per heavy atom. The monoisotopic (exact) mass is 324 g/mol. The number of amides is 1. The molecule has 0 atom stereocenters. The summed E-state index contributed by atoms with van der Waals surface area (Å²) in [5.74, 6) is -0.767. The van der Waals surface area contributed by atoms with Crippen LogP contribution in [0.2, 0.25) is 0 Å². The highest BCUT2D eigenvalue weighted by Gasteiger charge is 2.25. The SMILES string of the molecule is COC(=O)CNC(=O)c1cccc2[nH]c3c(c12)CCc1cn[nH]c1-3. The van der Waals surface area contributed by atoms with Crippen molar-refractivity contribution in [2.24, 2.45) is 0 Å². The van der Waals surface area contributed by atoms with Gasteiger partial charge in [-0.15, -0.1) is 0 Å². The van der Waals surface area contributed by atoms with Gasteiger partial charge in [0.15, 0.2) is 0 Å². The molecule has 122 valence electrons. The zero-order chi connectivity index (χ0) is 16.7. The third kappa shape index (κ3) is 2.17. The molecule has 2 aromatic heterocycles. The van der Waals surface area contributed by atoms with Crippen LogP contribution in [0.15, 0.2) is 24.4 Å². The van der Waals surface area contributed by atoms with Crippen LogP contribution >= 0.6 is 0 Å². The largest absolute Gasteiger partial charge is 0.468 e. The Hall–Kier alpha value is -3.09. The average Bonchev–Trinajstić information content (AvgIpc) is 3.22. The molecule has 3 N–H and O–H groups in total. The van der Waals surface area contributed by atoms with Gasteiger partial charge in [-0.1, -0.05) is 6.07 Å². The van der Waals surface area contributed by atoms with Crippen LogP contribution in [0.25, 0.3) is 22.3 Å². The van der Waals surface area contributed by atoms with Gasteiger partial charge in [0, 0.05) is 16.5 Å². The molecule has 1 aliphatic carbocycles. The fourth-order valence-electron chi connectivity index (χ4n) is 3.27. The predicted octanol–water partition coefficient (Wildman–Crippen LogP) is 1.56. The smallest absolute Gasteiger partial charge is 0.325 e. The summed E-state index contributed by atoms with van der Waals surface area (Å²) in [7, 11) is 1.29. The molecule has 4 rings (SSSR count). The highest BCUT2D eigenvalue weighted by atomic mass is 16.5. The van der Waals surface area contributed by atoms with Gasteiger partial charge in [-0.25, -0.2) is 0 Å². The highest BCUT2D eigenvalue weighted by molar-refractivity contribution is 6.10. The van der Waals surface area contributed by atoms with E-state index in [1.807, 2.05) is 18.3 Å². The lowest BCUT2D eigenvalue weighted by Gasteiger charge is -2.12. The third-order valence-corrected chi connectivity index (χ3v) is 4.41. The number of aryl methyl sites for hydroxylation is 2. The maximum Gasteiger partial charge on any atom is 0.325 e. The number of aromatic nitrogens is 3. The van der Waals surface area contributed by atoms with Crippen LogP contribution in [0, 0.1) is 0 Å². The Kier molecular flexibility index (Phi) is 3.34. The van der Waals surface area contributed by atoms with E-state index in [1.54, 1.807) is 6.07 Å². The van der Waals surface area contributed by atoms with E-state index in [9.17, 15) is 9.59 Å². The lowest BCUT2D eigenvalue weighted by Crippen LogP contribution is -2.30. The molecule has 2 heterocycles. The van der Waals surface area contributed by atoms with Crippen molar-refractivity contribution in [3.63, 3.8) is 0 Å². The molecule has 0 unspecified atom stereocenters. The number of rotatable bonds is 3. The number of H-pyrrole nitrogens is 2. The number of carbonyl (C=O) groups excluding carboxylic acids is 2. The first-order chi connectivity index (χ1) is 11.7. The number of carbonyl (C=O) groups is 2. The second-order valence-electron chi connectivity index (χ2n) is 5.74. The van der Waals surface area contributed by atoms with Crippen LogP contribution in [0.3, 0.4) is 0 Å². The van der Waals surface area contributed by atoms with E-state index in [0.717, 1.165) is 40.7 Å². The second-order valence-corrected chi connectivity index (χ2v) is 5.74. The average molecular weight is 324 g/mol. The number of hydrogen-bond acceptors (Lipinski definition) is 4. The van der Waals surface area contributed by atoms with Gasteiger partial charge >= 0.3 is 5.97 Å². The first-order valence-corrected chi connectivity index (χ1v) is 7.70. The van der Waals surface area contributed by atoms with Crippen molar-refractivity contribution in [3.05, 3.63) is 41.1 Å². The number of nitrogens with one attached hydrogen (secondary N) is 3. The van der Waals surface area contributed by atoms with Gasteiger partial charge in [-0.05, 0) is 36.1 Å². The quantitative estimate of drug-likeness (QED) is 0.637. The number of ether oxygens (including phenoxy) is 1. The van der Waals surface area contributed by atoms with Gasteiger partial charge in [0.05, 0.1) is 24.7 Å². The van der Waals surface area contributed by atoms with E-state index >= 15 is 0 Å². The molecule has 0 radical (unpaired) electrons. The molecule has 7 heteroatoms. The van der Waals surface area contributed by atoms with Gasteiger partial charge < -0.3 is 15.0 Å². The van der Waals surface area contributed by atoms with Crippen molar-refractivity contribution in [1.29, 1.82) is 0 Å². The van der Waals surface area contributed by atoms with E-state index in [4.69, 9.17) is 0 Å². The molecule has 24 heavy (non-hydrogen) atoms. The fourth-order valence-corrected chi connectivity index (χ4v) is 3.27. The zero-order valence-corrected chi connectivity index (χ0v) is 13.1. The van der Waals surface area contributed by atoms with Crippen LogP contribution in [0.5, 0.6) is 0 Å². The topological polar surface area (TPSA) is 99.9 Å². The highest BCUT2D eigenvalue weighted by Crippen LogP contribution is 2.37. The summed E-state index contributed by atoms with van der Waals surface area (Å²) in [6.07, 6.45) is 3.56. The Morgan fingerprint density at radius 1 is 1.29 bits per heavy atom. The number of hydrogen-bond donors (Lipinski definition) is 3. The molecule has 3 aromatic rings. The molecule has 0 fully saturated rings. The van der Waals surface area contributed by atoms with Crippen molar-refractivity contribution in [3.8, 4) is 11.4 Å². The van der Waals surface area contributed by atoms with E-state index < -0.39 is 5.97 Å². The van der Waals surface area contributed by atoms with Crippen molar-refractivity contribution in [1.82, 2.24) is 20.5 Å². The summed E-state index contributed by atoms with van der Waals surface area (Å²) < 4.78 is 4.56. The summed E-state index contributed by atoms with van der Waals surface area (Å²) in [5.41, 5.74) is 5.69. The molecule has 7 nitrogen and oxygen atoms in total. The van der Waals surface area contributed by atoms with Crippen molar-refractivity contribution < 1.29 is 14.3 Å². The van der Waals surface area contributed by atoms with E-state index in [-0.39, 0.29) is 12.5 Å². The Labute approximate surface area is 137 Å². The van der Waals surface area contributed by atoms with Crippen LogP contribution in [0.4, 0.5) is 0 Å². The maximum absolute atomic E-state index is 12.5. The van der Waals surface area contributed by atoms with Crippen molar-refractivity contribution >= 4 is 22.8 Å². The minimum absolute atomic E-state index is 0.150. The minimum Gasteiger partial charge on any atom is -0.468 e. The molecule has 0 saturated heterocycles. The lowest BCUT2D eigenvalue weighted by atomic mass is 9.92. The maximum atomic E-state index is 12.5. The van der Waals surface area contributed by atoms with E-state index in [0.29, 0.717) is 5.56 Å². The normalized spacial score (nSPS) is 12.5. The molecular formula is C17H16N4O3. The first kappa shape index (κ1) is 14.5. The summed E-state index contributed by atoms with van der Waals surface area (Å²) in [6.45, 7) is -0.150. The summed E-state index contributed by atoms with van der Waals surface area (Å²) in [5, 5.41) is 10.6. The van der Waals surface area contributed by atoms with E-state index in [2.05, 4.69) is 25.2 Å². The molecule has 0 bridgehead atoms. The molecule has 1 aromatic carbocycles. The number of benzene rings is 1. The van der Waals surface area contributed by atoms with E-state index in [1.165, 1.54) is 12.7 Å². The number of nitrogens with zero attached hydrogens (tertiary/aromatic N) is 1. The molecule has 0 spiro atoms. The van der Waals surface area contributed by atoms with Crippen LogP contribution in [-0.4, -0.2) is 40.7 Å². The van der Waals surface area contributed by atoms with Crippen molar-refractivity contribution in [2.45, 2.75) is 12.8 Å². The van der Waals surface area contributed by atoms with Gasteiger partial charge in [-0.3, -0.25) is 14.7 Å². The zero-order valence-electron chi connectivity index (χ0n) is 13.1. The van der Waals surface area contributed by atoms with Gasteiger partial charge in [0.1, 0.15) is 6.54 Å². The van der Waals surface area contributed by atoms with Crippen LogP contribution < -0.4 is 5.32 Å². The molecule has 1 amide bonds.